The highest BCUT2D eigenvalue weighted by Gasteiger charge is 2.28. The van der Waals surface area contributed by atoms with Gasteiger partial charge in [-0.15, -0.1) is 0 Å². The Bertz CT molecular complexity index is 1030. The largest absolute Gasteiger partial charge is 0.454 e. The van der Waals surface area contributed by atoms with Crippen LogP contribution in [-0.4, -0.2) is 25.4 Å². The van der Waals surface area contributed by atoms with E-state index in [-0.39, 0.29) is 5.57 Å². The number of hydrogen-bond acceptors (Lipinski definition) is 6. The average molecular weight is 390 g/mol. The van der Waals surface area contributed by atoms with Gasteiger partial charge in [-0.1, -0.05) is 53.7 Å². The lowest BCUT2D eigenvalue weighted by Gasteiger charge is -2.14. The zero-order chi connectivity index (χ0) is 20.1. The Balaban J connectivity index is 1.65. The van der Waals surface area contributed by atoms with Gasteiger partial charge in [-0.2, -0.15) is 5.26 Å². The summed E-state index contributed by atoms with van der Waals surface area (Å²) in [6.45, 7) is 1.48. The zero-order valence-corrected chi connectivity index (χ0v) is 16.3. The quantitative estimate of drug-likeness (QED) is 0.435. The van der Waals surface area contributed by atoms with Crippen LogP contribution in [0.3, 0.4) is 0 Å². The number of ketones is 1. The van der Waals surface area contributed by atoms with Crippen molar-refractivity contribution >= 4 is 35.3 Å². The second kappa shape index (κ2) is 8.59. The third kappa shape index (κ3) is 4.33. The molecule has 1 aliphatic rings. The van der Waals surface area contributed by atoms with Gasteiger partial charge in [0.2, 0.25) is 5.78 Å². The topological polar surface area (TPSA) is 70.4 Å². The van der Waals surface area contributed by atoms with Crippen molar-refractivity contribution in [1.29, 1.82) is 5.26 Å². The number of aryl methyl sites for hydroxylation is 1. The number of nitriles is 1. The summed E-state index contributed by atoms with van der Waals surface area (Å²) in [6.07, 6.45) is 2.90. The number of nitrogens with zero attached hydrogens (tertiary/aromatic N) is 2. The second-order valence-electron chi connectivity index (χ2n) is 6.20. The number of esters is 1. The van der Waals surface area contributed by atoms with E-state index in [1.165, 1.54) is 17.8 Å². The maximum Gasteiger partial charge on any atom is 0.331 e. The first-order valence-electron chi connectivity index (χ1n) is 8.59. The fourth-order valence-electron chi connectivity index (χ4n) is 2.75. The molecule has 2 aromatic carbocycles. The maximum absolute atomic E-state index is 12.5. The van der Waals surface area contributed by atoms with E-state index in [1.54, 1.807) is 18.0 Å². The van der Waals surface area contributed by atoms with Crippen molar-refractivity contribution in [3.8, 4) is 6.07 Å². The Labute approximate surface area is 167 Å². The number of carbonyl (C=O) groups is 2. The number of thioether (sulfide) groups is 1. The van der Waals surface area contributed by atoms with E-state index in [4.69, 9.17) is 4.74 Å². The summed E-state index contributed by atoms with van der Waals surface area (Å²) in [5.41, 5.74) is 2.86. The first kappa shape index (κ1) is 19.5. The molecular weight excluding hydrogens is 372 g/mol. The van der Waals surface area contributed by atoms with Gasteiger partial charge in [-0.25, -0.2) is 4.79 Å². The van der Waals surface area contributed by atoms with E-state index in [2.05, 4.69) is 0 Å². The molecule has 140 valence electrons. The minimum Gasteiger partial charge on any atom is -0.454 e. The van der Waals surface area contributed by atoms with Crippen molar-refractivity contribution in [3.05, 3.63) is 76.3 Å². The van der Waals surface area contributed by atoms with Crippen LogP contribution in [0.1, 0.15) is 11.1 Å². The highest BCUT2D eigenvalue weighted by atomic mass is 32.2. The van der Waals surface area contributed by atoms with Gasteiger partial charge in [0, 0.05) is 18.0 Å². The molecule has 0 aliphatic carbocycles. The lowest BCUT2D eigenvalue weighted by molar-refractivity contribution is -0.141. The van der Waals surface area contributed by atoms with E-state index in [1.807, 2.05) is 61.5 Å². The summed E-state index contributed by atoms with van der Waals surface area (Å²) in [6, 6.07) is 17.3. The molecule has 0 spiro atoms. The van der Waals surface area contributed by atoms with Crippen LogP contribution in [0.4, 0.5) is 5.69 Å². The fraction of sp³-hybridized carbons (Fsp3) is 0.136. The molecule has 0 radical (unpaired) electrons. The number of Topliss-reactive ketones (excluding diaryl/α,β-unsaturated/α-hetero) is 1. The van der Waals surface area contributed by atoms with Crippen LogP contribution in [0.5, 0.6) is 0 Å². The molecule has 0 fully saturated rings. The average Bonchev–Trinajstić information content (AvgIpc) is 3.02. The second-order valence-corrected chi connectivity index (χ2v) is 7.23. The van der Waals surface area contributed by atoms with Crippen molar-refractivity contribution in [3.63, 3.8) is 0 Å². The minimum absolute atomic E-state index is 0.0147. The number of anilines is 1. The van der Waals surface area contributed by atoms with E-state index in [0.29, 0.717) is 5.03 Å². The Morgan fingerprint density at radius 2 is 2.00 bits per heavy atom. The highest BCUT2D eigenvalue weighted by Crippen LogP contribution is 2.46. The summed E-state index contributed by atoms with van der Waals surface area (Å²) in [7, 11) is 1.80. The predicted molar refractivity (Wildman–Crippen MR) is 110 cm³/mol. The van der Waals surface area contributed by atoms with Gasteiger partial charge >= 0.3 is 5.97 Å². The molecule has 1 heterocycles. The SMILES string of the molecule is Cc1cccc(/C=C/C(=O)OCC(=O)/C(C#N)=C2\Sc3ccccc3N2C)c1. The number of para-hydroxylation sites is 1. The molecule has 0 aromatic heterocycles. The molecule has 0 atom stereocenters. The summed E-state index contributed by atoms with van der Waals surface area (Å²) >= 11 is 1.36. The molecule has 6 heteroatoms. The van der Waals surface area contributed by atoms with Crippen molar-refractivity contribution < 1.29 is 14.3 Å². The van der Waals surface area contributed by atoms with Gasteiger partial charge in [0.15, 0.2) is 6.61 Å². The van der Waals surface area contributed by atoms with E-state index in [0.717, 1.165) is 21.7 Å². The lowest BCUT2D eigenvalue weighted by atomic mass is 10.1. The van der Waals surface area contributed by atoms with Crippen LogP contribution in [0.15, 0.2) is 70.1 Å². The highest BCUT2D eigenvalue weighted by molar-refractivity contribution is 8.03. The minimum atomic E-state index is -0.632. The lowest BCUT2D eigenvalue weighted by Crippen LogP contribution is -2.19. The van der Waals surface area contributed by atoms with Crippen LogP contribution in [0.25, 0.3) is 6.08 Å². The third-order valence-electron chi connectivity index (χ3n) is 4.14. The van der Waals surface area contributed by atoms with Crippen LogP contribution < -0.4 is 4.90 Å². The molecule has 0 saturated heterocycles. The van der Waals surface area contributed by atoms with Crippen LogP contribution in [0, 0.1) is 18.3 Å². The molecule has 0 unspecified atom stereocenters. The summed E-state index contributed by atoms with van der Waals surface area (Å²) in [4.78, 5) is 27.1. The number of rotatable bonds is 5. The van der Waals surface area contributed by atoms with Crippen molar-refractivity contribution in [2.24, 2.45) is 0 Å². The molecule has 28 heavy (non-hydrogen) atoms. The Morgan fingerprint density at radius 1 is 1.21 bits per heavy atom. The monoisotopic (exact) mass is 390 g/mol. The zero-order valence-electron chi connectivity index (χ0n) is 15.5. The molecule has 5 nitrogen and oxygen atoms in total. The number of ether oxygens (including phenoxy) is 1. The summed E-state index contributed by atoms with van der Waals surface area (Å²) in [5, 5.41) is 10.0. The van der Waals surface area contributed by atoms with Crippen molar-refractivity contribution in [2.75, 3.05) is 18.6 Å². The molecule has 0 saturated carbocycles. The number of benzene rings is 2. The van der Waals surface area contributed by atoms with Crippen LogP contribution in [-0.2, 0) is 14.3 Å². The van der Waals surface area contributed by atoms with Gasteiger partial charge in [-0.05, 0) is 30.7 Å². The Hall–Kier alpha value is -3.30. The standard InChI is InChI=1S/C22H18N2O3S/c1-15-6-5-7-16(12-15)10-11-21(26)27-14-19(25)17(13-23)22-24(2)18-8-3-4-9-20(18)28-22/h3-12H,14H2,1-2H3/b11-10+,22-17-. The van der Waals surface area contributed by atoms with E-state index < -0.39 is 18.4 Å². The number of fused-ring (bicyclic) bond motifs is 1. The van der Waals surface area contributed by atoms with Gasteiger partial charge in [0.25, 0.3) is 0 Å². The molecule has 3 rings (SSSR count). The number of hydrogen-bond donors (Lipinski definition) is 0. The molecular formula is C22H18N2O3S. The third-order valence-corrected chi connectivity index (χ3v) is 5.38. The predicted octanol–water partition coefficient (Wildman–Crippen LogP) is 4.10. The Kier molecular flexibility index (Phi) is 5.97. The van der Waals surface area contributed by atoms with Crippen LogP contribution >= 0.6 is 11.8 Å². The van der Waals surface area contributed by atoms with Gasteiger partial charge < -0.3 is 9.64 Å². The van der Waals surface area contributed by atoms with E-state index >= 15 is 0 Å². The molecule has 0 N–H and O–H groups in total. The maximum atomic E-state index is 12.5. The first-order valence-corrected chi connectivity index (χ1v) is 9.41. The number of carbonyl (C=O) groups excluding carboxylic acids is 2. The van der Waals surface area contributed by atoms with Crippen molar-refractivity contribution in [1.82, 2.24) is 0 Å². The summed E-state index contributed by atoms with van der Waals surface area (Å²) < 4.78 is 5.02. The molecule has 1 aliphatic heterocycles. The smallest absolute Gasteiger partial charge is 0.331 e. The molecule has 0 amide bonds. The Morgan fingerprint density at radius 3 is 2.71 bits per heavy atom. The fourth-order valence-corrected chi connectivity index (χ4v) is 3.91. The first-order chi connectivity index (χ1) is 13.5. The van der Waals surface area contributed by atoms with Crippen molar-refractivity contribution in [2.45, 2.75) is 11.8 Å². The summed E-state index contributed by atoms with van der Waals surface area (Å²) in [5.74, 6) is -1.16. The van der Waals surface area contributed by atoms with Gasteiger partial charge in [0.1, 0.15) is 16.7 Å². The van der Waals surface area contributed by atoms with E-state index in [9.17, 15) is 14.9 Å². The molecule has 2 aromatic rings. The molecule has 0 bridgehead atoms. The normalized spacial score (nSPS) is 14.5. The van der Waals surface area contributed by atoms with Gasteiger partial charge in [-0.3, -0.25) is 4.79 Å². The van der Waals surface area contributed by atoms with Crippen LogP contribution in [0.2, 0.25) is 0 Å². The van der Waals surface area contributed by atoms with Gasteiger partial charge in [0.05, 0.1) is 5.69 Å².